The molecule has 1 atom stereocenters. The van der Waals surface area contributed by atoms with E-state index < -0.39 is 0 Å². The number of aryl methyl sites for hydroxylation is 1. The molecule has 0 bridgehead atoms. The van der Waals surface area contributed by atoms with Crippen LogP contribution in [0.15, 0.2) is 16.5 Å². The Morgan fingerprint density at radius 2 is 2.27 bits per heavy atom. The fraction of sp³-hybridized carbons (Fsp3) is 0.538. The lowest BCUT2D eigenvalue weighted by molar-refractivity contribution is 0.414. The molecule has 0 saturated heterocycles. The van der Waals surface area contributed by atoms with Crippen molar-refractivity contribution in [3.05, 3.63) is 23.7 Å². The number of terminal acetylenes is 1. The number of nitrogens with one attached hydrogen (secondary N) is 1. The summed E-state index contributed by atoms with van der Waals surface area (Å²) < 4.78 is 5.53. The Hall–Kier alpha value is -1.20. The second-order valence-corrected chi connectivity index (χ2v) is 3.79. The lowest BCUT2D eigenvalue weighted by Crippen LogP contribution is -2.19. The summed E-state index contributed by atoms with van der Waals surface area (Å²) in [5.41, 5.74) is 0. The van der Waals surface area contributed by atoms with E-state index in [9.17, 15) is 0 Å². The maximum atomic E-state index is 5.53. The second-order valence-electron chi connectivity index (χ2n) is 3.79. The Labute approximate surface area is 92.1 Å². The van der Waals surface area contributed by atoms with Gasteiger partial charge in [0, 0.05) is 6.42 Å². The standard InChI is InChI=1S/C13H19NO/c1-4-5-6-7-10-14-12(3)13-9-8-11(2)15-13/h1,8-9,12,14H,5-7,10H2,2-3H3. The highest BCUT2D eigenvalue weighted by Gasteiger charge is 2.07. The van der Waals surface area contributed by atoms with E-state index in [1.54, 1.807) is 0 Å². The van der Waals surface area contributed by atoms with Gasteiger partial charge in [-0.05, 0) is 45.4 Å². The molecule has 1 N–H and O–H groups in total. The van der Waals surface area contributed by atoms with Crippen LogP contribution in [-0.2, 0) is 0 Å². The van der Waals surface area contributed by atoms with Crippen LogP contribution in [-0.4, -0.2) is 6.54 Å². The van der Waals surface area contributed by atoms with Crippen molar-refractivity contribution in [2.24, 2.45) is 0 Å². The Kier molecular flexibility index (Phi) is 5.00. The van der Waals surface area contributed by atoms with Crippen molar-refractivity contribution >= 4 is 0 Å². The summed E-state index contributed by atoms with van der Waals surface area (Å²) in [5, 5.41) is 3.41. The molecule has 1 aromatic rings. The molecule has 0 fully saturated rings. The summed E-state index contributed by atoms with van der Waals surface area (Å²) >= 11 is 0. The fourth-order valence-corrected chi connectivity index (χ4v) is 1.46. The van der Waals surface area contributed by atoms with Crippen LogP contribution in [0.4, 0.5) is 0 Å². The molecular formula is C13H19NO. The minimum Gasteiger partial charge on any atom is -0.465 e. The molecule has 0 aliphatic heterocycles. The van der Waals surface area contributed by atoms with E-state index in [0.29, 0.717) is 0 Å². The summed E-state index contributed by atoms with van der Waals surface area (Å²) in [4.78, 5) is 0. The third-order valence-corrected chi connectivity index (χ3v) is 2.39. The van der Waals surface area contributed by atoms with Gasteiger partial charge in [0.15, 0.2) is 0 Å². The quantitative estimate of drug-likeness (QED) is 0.570. The molecule has 82 valence electrons. The monoisotopic (exact) mass is 205 g/mol. The minimum absolute atomic E-state index is 0.282. The van der Waals surface area contributed by atoms with Gasteiger partial charge in [-0.1, -0.05) is 0 Å². The molecule has 2 heteroatoms. The van der Waals surface area contributed by atoms with Crippen molar-refractivity contribution in [1.29, 1.82) is 0 Å². The molecule has 1 unspecified atom stereocenters. The average molecular weight is 205 g/mol. The van der Waals surface area contributed by atoms with Crippen molar-refractivity contribution in [1.82, 2.24) is 5.32 Å². The molecule has 0 aliphatic rings. The molecule has 0 aromatic carbocycles. The van der Waals surface area contributed by atoms with E-state index in [0.717, 1.165) is 37.3 Å². The number of hydrogen-bond acceptors (Lipinski definition) is 2. The Morgan fingerprint density at radius 3 is 2.87 bits per heavy atom. The van der Waals surface area contributed by atoms with Crippen LogP contribution in [0.2, 0.25) is 0 Å². The van der Waals surface area contributed by atoms with Gasteiger partial charge in [-0.15, -0.1) is 12.3 Å². The van der Waals surface area contributed by atoms with Crippen molar-refractivity contribution in [3.8, 4) is 12.3 Å². The predicted octanol–water partition coefficient (Wildman–Crippen LogP) is 3.04. The fourth-order valence-electron chi connectivity index (χ4n) is 1.46. The summed E-state index contributed by atoms with van der Waals surface area (Å²) in [5.74, 6) is 4.61. The highest BCUT2D eigenvalue weighted by molar-refractivity contribution is 5.08. The smallest absolute Gasteiger partial charge is 0.120 e. The lowest BCUT2D eigenvalue weighted by atomic mass is 10.2. The zero-order valence-electron chi connectivity index (χ0n) is 9.55. The lowest BCUT2D eigenvalue weighted by Gasteiger charge is -2.10. The van der Waals surface area contributed by atoms with Gasteiger partial charge in [-0.3, -0.25) is 0 Å². The molecule has 0 spiro atoms. The zero-order valence-corrected chi connectivity index (χ0v) is 9.55. The highest BCUT2D eigenvalue weighted by atomic mass is 16.3. The SMILES string of the molecule is C#CCCCCNC(C)c1ccc(C)o1. The molecule has 0 radical (unpaired) electrons. The number of furan rings is 1. The van der Waals surface area contributed by atoms with Crippen molar-refractivity contribution in [2.45, 2.75) is 39.2 Å². The van der Waals surface area contributed by atoms with Crippen molar-refractivity contribution < 1.29 is 4.42 Å². The van der Waals surface area contributed by atoms with E-state index in [4.69, 9.17) is 10.8 Å². The number of rotatable bonds is 6. The van der Waals surface area contributed by atoms with Crippen LogP contribution in [0.1, 0.15) is 43.7 Å². The molecular weight excluding hydrogens is 186 g/mol. The molecule has 0 saturated carbocycles. The molecule has 15 heavy (non-hydrogen) atoms. The molecule has 1 rings (SSSR count). The minimum atomic E-state index is 0.282. The molecule has 0 amide bonds. The molecule has 2 nitrogen and oxygen atoms in total. The van der Waals surface area contributed by atoms with E-state index in [2.05, 4.69) is 18.2 Å². The summed E-state index contributed by atoms with van der Waals surface area (Å²) in [6, 6.07) is 4.30. The Balaban J connectivity index is 2.19. The van der Waals surface area contributed by atoms with Gasteiger partial charge in [-0.25, -0.2) is 0 Å². The van der Waals surface area contributed by atoms with Gasteiger partial charge in [-0.2, -0.15) is 0 Å². The normalized spacial score (nSPS) is 12.3. The van der Waals surface area contributed by atoms with Crippen LogP contribution < -0.4 is 5.32 Å². The van der Waals surface area contributed by atoms with Gasteiger partial charge in [0.2, 0.25) is 0 Å². The molecule has 1 aromatic heterocycles. The van der Waals surface area contributed by atoms with Crippen molar-refractivity contribution in [3.63, 3.8) is 0 Å². The van der Waals surface area contributed by atoms with Crippen molar-refractivity contribution in [2.75, 3.05) is 6.54 Å². The molecule has 0 aliphatic carbocycles. The third kappa shape index (κ3) is 4.22. The Morgan fingerprint density at radius 1 is 1.47 bits per heavy atom. The first-order chi connectivity index (χ1) is 7.24. The van der Waals surface area contributed by atoms with Gasteiger partial charge >= 0.3 is 0 Å². The van der Waals surface area contributed by atoms with Crippen LogP contribution in [0.25, 0.3) is 0 Å². The highest BCUT2D eigenvalue weighted by Crippen LogP contribution is 2.15. The first-order valence-electron chi connectivity index (χ1n) is 5.47. The second kappa shape index (κ2) is 6.31. The maximum Gasteiger partial charge on any atom is 0.120 e. The van der Waals surface area contributed by atoms with Gasteiger partial charge in [0.1, 0.15) is 11.5 Å². The molecule has 1 heterocycles. The third-order valence-electron chi connectivity index (χ3n) is 2.39. The summed E-state index contributed by atoms with van der Waals surface area (Å²) in [6.45, 7) is 5.06. The zero-order chi connectivity index (χ0) is 11.1. The number of hydrogen-bond donors (Lipinski definition) is 1. The Bertz CT molecular complexity index is 322. The van der Waals surface area contributed by atoms with E-state index in [1.165, 1.54) is 0 Å². The van der Waals surface area contributed by atoms with Crippen LogP contribution in [0, 0.1) is 19.3 Å². The first kappa shape index (κ1) is 11.9. The number of unbranched alkanes of at least 4 members (excludes halogenated alkanes) is 2. The van der Waals surface area contributed by atoms with E-state index >= 15 is 0 Å². The largest absolute Gasteiger partial charge is 0.465 e. The predicted molar refractivity (Wildman–Crippen MR) is 62.5 cm³/mol. The van der Waals surface area contributed by atoms with Crippen LogP contribution in [0.5, 0.6) is 0 Å². The van der Waals surface area contributed by atoms with Gasteiger partial charge in [0.05, 0.1) is 6.04 Å². The maximum absolute atomic E-state index is 5.53. The average Bonchev–Trinajstić information content (AvgIpc) is 2.64. The summed E-state index contributed by atoms with van der Waals surface area (Å²) in [7, 11) is 0. The first-order valence-corrected chi connectivity index (χ1v) is 5.47. The topological polar surface area (TPSA) is 25.2 Å². The van der Waals surface area contributed by atoms with E-state index in [-0.39, 0.29) is 6.04 Å². The van der Waals surface area contributed by atoms with Gasteiger partial charge < -0.3 is 9.73 Å². The van der Waals surface area contributed by atoms with Crippen LogP contribution in [0.3, 0.4) is 0 Å². The van der Waals surface area contributed by atoms with Crippen LogP contribution >= 0.6 is 0 Å². The van der Waals surface area contributed by atoms with Gasteiger partial charge in [0.25, 0.3) is 0 Å². The van der Waals surface area contributed by atoms with E-state index in [1.807, 2.05) is 19.1 Å². The summed E-state index contributed by atoms with van der Waals surface area (Å²) in [6.07, 6.45) is 8.26.